The zero-order valence-corrected chi connectivity index (χ0v) is 14.8. The number of nitrogens with zero attached hydrogens (tertiary/aromatic N) is 1. The summed E-state index contributed by atoms with van der Waals surface area (Å²) < 4.78 is 10.4. The minimum Gasteiger partial charge on any atom is -0.496 e. The maximum absolute atomic E-state index is 12.0. The number of hydrogen-bond donors (Lipinski definition) is 0. The number of methoxy groups -OCH3 is 1. The zero-order valence-electron chi connectivity index (χ0n) is 14.1. The van der Waals surface area contributed by atoms with Gasteiger partial charge in [-0.25, -0.2) is 9.79 Å². The summed E-state index contributed by atoms with van der Waals surface area (Å²) in [6.07, 6.45) is 6.63. The third-order valence-corrected chi connectivity index (χ3v) is 3.78. The number of carbonyl (C=O) groups is 1. The van der Waals surface area contributed by atoms with Crippen molar-refractivity contribution >= 4 is 35.6 Å². The molecule has 0 unspecified atom stereocenters. The smallest absolute Gasteiger partial charge is 0.363 e. The van der Waals surface area contributed by atoms with Crippen LogP contribution in [0.5, 0.6) is 5.75 Å². The molecule has 1 heterocycles. The second-order valence-electron chi connectivity index (χ2n) is 5.38. The first-order valence-corrected chi connectivity index (χ1v) is 8.29. The Morgan fingerprint density at radius 1 is 1.08 bits per heavy atom. The summed E-state index contributed by atoms with van der Waals surface area (Å²) in [6, 6.07) is 17.1. The van der Waals surface area contributed by atoms with Crippen molar-refractivity contribution in [2.45, 2.75) is 0 Å². The maximum Gasteiger partial charge on any atom is 0.363 e. The predicted molar refractivity (Wildman–Crippen MR) is 104 cm³/mol. The van der Waals surface area contributed by atoms with Gasteiger partial charge in [0.25, 0.3) is 0 Å². The molecule has 0 aromatic heterocycles. The summed E-state index contributed by atoms with van der Waals surface area (Å²) in [5.74, 6) is 0.388. The molecule has 1 aliphatic heterocycles. The van der Waals surface area contributed by atoms with Crippen molar-refractivity contribution < 1.29 is 14.3 Å². The number of cyclic esters (lactones) is 1. The van der Waals surface area contributed by atoms with E-state index < -0.39 is 5.97 Å². The monoisotopic (exact) mass is 365 g/mol. The van der Waals surface area contributed by atoms with Crippen LogP contribution in [0.4, 0.5) is 0 Å². The van der Waals surface area contributed by atoms with Gasteiger partial charge in [0.15, 0.2) is 5.70 Å². The maximum atomic E-state index is 12.0. The number of rotatable bonds is 5. The van der Waals surface area contributed by atoms with Gasteiger partial charge in [-0.2, -0.15) is 0 Å². The van der Waals surface area contributed by atoms with Crippen molar-refractivity contribution in [3.05, 3.63) is 88.6 Å². The van der Waals surface area contributed by atoms with Crippen molar-refractivity contribution in [2.24, 2.45) is 4.99 Å². The Balaban J connectivity index is 1.78. The summed E-state index contributed by atoms with van der Waals surface area (Å²) in [6.45, 7) is 0. The summed E-state index contributed by atoms with van der Waals surface area (Å²) in [5.41, 5.74) is 1.94. The number of ether oxygens (including phenoxy) is 2. The minimum atomic E-state index is -0.538. The third kappa shape index (κ3) is 4.49. The van der Waals surface area contributed by atoms with Crippen LogP contribution in [0.15, 0.2) is 82.5 Å². The van der Waals surface area contributed by atoms with E-state index in [-0.39, 0.29) is 11.6 Å². The topological polar surface area (TPSA) is 47.9 Å². The van der Waals surface area contributed by atoms with Crippen LogP contribution in [0.3, 0.4) is 0 Å². The van der Waals surface area contributed by atoms with E-state index in [2.05, 4.69) is 4.99 Å². The molecule has 130 valence electrons. The molecule has 4 nitrogen and oxygen atoms in total. The molecule has 0 aliphatic carbocycles. The fourth-order valence-corrected chi connectivity index (χ4v) is 2.57. The molecular formula is C21H16ClNO3. The Kier molecular flexibility index (Phi) is 5.66. The highest BCUT2D eigenvalue weighted by Crippen LogP contribution is 2.21. The number of allylic oxidation sites excluding steroid dienone is 2. The van der Waals surface area contributed by atoms with Crippen LogP contribution in [0, 0.1) is 0 Å². The lowest BCUT2D eigenvalue weighted by Gasteiger charge is -2.02. The Labute approximate surface area is 156 Å². The molecule has 0 amide bonds. The number of halogens is 1. The van der Waals surface area contributed by atoms with Gasteiger partial charge >= 0.3 is 5.97 Å². The number of aliphatic imine (C=N–C) groups is 1. The molecule has 0 bridgehead atoms. The van der Waals surface area contributed by atoms with Crippen molar-refractivity contribution in [1.82, 2.24) is 0 Å². The van der Waals surface area contributed by atoms with Gasteiger partial charge in [0.1, 0.15) is 5.75 Å². The molecule has 2 aromatic rings. The molecule has 1 aliphatic rings. The van der Waals surface area contributed by atoms with Gasteiger partial charge in [-0.05, 0) is 29.9 Å². The molecule has 0 spiro atoms. The van der Waals surface area contributed by atoms with Gasteiger partial charge in [0, 0.05) is 16.7 Å². The van der Waals surface area contributed by atoms with Crippen LogP contribution in [0.25, 0.3) is 12.2 Å². The second kappa shape index (κ2) is 8.32. The van der Waals surface area contributed by atoms with E-state index >= 15 is 0 Å². The van der Waals surface area contributed by atoms with E-state index in [4.69, 9.17) is 21.1 Å². The van der Waals surface area contributed by atoms with Gasteiger partial charge in [-0.15, -0.1) is 0 Å². The van der Waals surface area contributed by atoms with Gasteiger partial charge in [-0.1, -0.05) is 60.1 Å². The second-order valence-corrected chi connectivity index (χ2v) is 5.82. The van der Waals surface area contributed by atoms with Crippen molar-refractivity contribution in [2.75, 3.05) is 7.11 Å². The molecule has 2 aromatic carbocycles. The molecular weight excluding hydrogens is 350 g/mol. The van der Waals surface area contributed by atoms with Gasteiger partial charge in [-0.3, -0.25) is 0 Å². The molecule has 3 rings (SSSR count). The van der Waals surface area contributed by atoms with E-state index in [0.717, 1.165) is 16.9 Å². The SMILES string of the molecule is COc1ccccc1/C=C/C1=NC(=C\C(Cl)=C\c2ccccc2)/C(=O)O1. The number of carbonyl (C=O) groups excluding carboxylic acids is 1. The Bertz CT molecular complexity index is 927. The highest BCUT2D eigenvalue weighted by atomic mass is 35.5. The lowest BCUT2D eigenvalue weighted by molar-refractivity contribution is -0.129. The fraction of sp³-hybridized carbons (Fsp3) is 0.0476. The van der Waals surface area contributed by atoms with Gasteiger partial charge in [0.2, 0.25) is 5.90 Å². The van der Waals surface area contributed by atoms with Crippen molar-refractivity contribution in [3.63, 3.8) is 0 Å². The standard InChI is InChI=1S/C21H16ClNO3/c1-25-19-10-6-5-9-16(19)11-12-20-23-18(21(24)26-20)14-17(22)13-15-7-3-2-4-8-15/h2-14H,1H3/b12-11+,17-13-,18-14-. The van der Waals surface area contributed by atoms with E-state index in [9.17, 15) is 4.79 Å². The van der Waals surface area contributed by atoms with Crippen molar-refractivity contribution in [1.29, 1.82) is 0 Å². The molecule has 0 atom stereocenters. The zero-order chi connectivity index (χ0) is 18.4. The quantitative estimate of drug-likeness (QED) is 0.563. The summed E-state index contributed by atoms with van der Waals surface area (Å²) in [5, 5.41) is 0.391. The molecule has 0 saturated carbocycles. The molecule has 0 radical (unpaired) electrons. The van der Waals surface area contributed by atoms with Crippen LogP contribution in [-0.2, 0) is 9.53 Å². The Morgan fingerprint density at radius 2 is 1.81 bits per heavy atom. The van der Waals surface area contributed by atoms with Crippen LogP contribution >= 0.6 is 11.6 Å². The van der Waals surface area contributed by atoms with Crippen LogP contribution in [-0.4, -0.2) is 19.0 Å². The number of para-hydroxylation sites is 1. The van der Waals surface area contributed by atoms with Gasteiger partial charge in [0.05, 0.1) is 7.11 Å². The van der Waals surface area contributed by atoms with E-state index in [1.54, 1.807) is 25.3 Å². The Hall–Kier alpha value is -3.11. The summed E-state index contributed by atoms with van der Waals surface area (Å²) in [7, 11) is 1.60. The summed E-state index contributed by atoms with van der Waals surface area (Å²) in [4.78, 5) is 16.1. The largest absolute Gasteiger partial charge is 0.496 e. The molecule has 26 heavy (non-hydrogen) atoms. The predicted octanol–water partition coefficient (Wildman–Crippen LogP) is 4.83. The lowest BCUT2D eigenvalue weighted by Crippen LogP contribution is -2.01. The van der Waals surface area contributed by atoms with E-state index in [0.29, 0.717) is 5.03 Å². The fourth-order valence-electron chi connectivity index (χ4n) is 2.34. The molecule has 5 heteroatoms. The average molecular weight is 366 g/mol. The first kappa shape index (κ1) is 17.7. The normalized spacial score (nSPS) is 16.1. The van der Waals surface area contributed by atoms with E-state index in [1.807, 2.05) is 54.6 Å². The van der Waals surface area contributed by atoms with Crippen LogP contribution < -0.4 is 4.74 Å². The molecule has 0 fully saturated rings. The summed E-state index contributed by atoms with van der Waals surface area (Å²) >= 11 is 6.19. The first-order valence-electron chi connectivity index (χ1n) is 7.91. The van der Waals surface area contributed by atoms with Crippen LogP contribution in [0.1, 0.15) is 11.1 Å². The van der Waals surface area contributed by atoms with E-state index in [1.165, 1.54) is 6.08 Å². The number of esters is 1. The highest BCUT2D eigenvalue weighted by Gasteiger charge is 2.21. The third-order valence-electron chi connectivity index (χ3n) is 3.56. The Morgan fingerprint density at radius 3 is 2.58 bits per heavy atom. The lowest BCUT2D eigenvalue weighted by atomic mass is 10.2. The number of hydrogen-bond acceptors (Lipinski definition) is 4. The molecule has 0 saturated heterocycles. The average Bonchev–Trinajstić information content (AvgIpc) is 3.00. The minimum absolute atomic E-state index is 0.154. The first-order chi connectivity index (χ1) is 12.7. The molecule has 0 N–H and O–H groups in total. The highest BCUT2D eigenvalue weighted by molar-refractivity contribution is 6.33. The van der Waals surface area contributed by atoms with Crippen molar-refractivity contribution in [3.8, 4) is 5.75 Å². The number of benzene rings is 2. The van der Waals surface area contributed by atoms with Gasteiger partial charge < -0.3 is 9.47 Å². The van der Waals surface area contributed by atoms with Crippen LogP contribution in [0.2, 0.25) is 0 Å².